The highest BCUT2D eigenvalue weighted by atomic mass is 19.4. The van der Waals surface area contributed by atoms with Gasteiger partial charge in [-0.25, -0.2) is 0 Å². The number of aliphatic hydroxyl groups excluding tert-OH is 1. The molecule has 3 nitrogen and oxygen atoms in total. The zero-order valence-electron chi connectivity index (χ0n) is 6.30. The van der Waals surface area contributed by atoms with Crippen LogP contribution in [0.2, 0.25) is 0 Å². The lowest BCUT2D eigenvalue weighted by Gasteiger charge is -2.18. The third kappa shape index (κ3) is 5.95. The Morgan fingerprint density at radius 1 is 1.42 bits per heavy atom. The molecule has 0 unspecified atom stereocenters. The molecule has 70 valence electrons. The van der Waals surface area contributed by atoms with E-state index in [2.05, 4.69) is 0 Å². The molecule has 0 aliphatic carbocycles. The Bertz CT molecular complexity index is 163. The third-order valence-corrected chi connectivity index (χ3v) is 1.11. The van der Waals surface area contributed by atoms with Crippen molar-refractivity contribution >= 4 is 0 Å². The fourth-order valence-electron chi connectivity index (χ4n) is 0.709. The first-order valence-electron chi connectivity index (χ1n) is 3.26. The molecule has 0 heterocycles. The lowest BCUT2D eigenvalue weighted by atomic mass is 10.4. The number of hydrogen-bond donors (Lipinski definition) is 1. The number of halogens is 3. The van der Waals surface area contributed by atoms with E-state index in [9.17, 15) is 13.2 Å². The first-order chi connectivity index (χ1) is 5.49. The van der Waals surface area contributed by atoms with Crippen molar-refractivity contribution in [3.8, 4) is 6.07 Å². The molecule has 0 bridgehead atoms. The summed E-state index contributed by atoms with van der Waals surface area (Å²) >= 11 is 0. The van der Waals surface area contributed by atoms with Crippen molar-refractivity contribution in [3.63, 3.8) is 0 Å². The molecule has 0 rings (SSSR count). The Hall–Kier alpha value is -0.800. The Labute approximate surface area is 68.0 Å². The second kappa shape index (κ2) is 4.95. The molecule has 1 N–H and O–H groups in total. The van der Waals surface area contributed by atoms with Crippen molar-refractivity contribution in [1.82, 2.24) is 4.90 Å². The number of nitriles is 1. The van der Waals surface area contributed by atoms with E-state index in [4.69, 9.17) is 10.4 Å². The second-order valence-corrected chi connectivity index (χ2v) is 2.21. The van der Waals surface area contributed by atoms with E-state index in [-0.39, 0.29) is 19.7 Å². The van der Waals surface area contributed by atoms with Crippen LogP contribution in [0.3, 0.4) is 0 Å². The van der Waals surface area contributed by atoms with Gasteiger partial charge in [-0.3, -0.25) is 4.90 Å². The zero-order valence-corrected chi connectivity index (χ0v) is 6.30. The van der Waals surface area contributed by atoms with Crippen molar-refractivity contribution in [2.45, 2.75) is 6.18 Å². The Morgan fingerprint density at radius 3 is 2.33 bits per heavy atom. The van der Waals surface area contributed by atoms with Gasteiger partial charge < -0.3 is 5.11 Å². The minimum atomic E-state index is -4.31. The Balaban J connectivity index is 3.88. The summed E-state index contributed by atoms with van der Waals surface area (Å²) in [6.45, 7) is -1.98. The SMILES string of the molecule is N#CCN(CCO)CC(F)(F)F. The van der Waals surface area contributed by atoms with E-state index in [0.717, 1.165) is 4.90 Å². The van der Waals surface area contributed by atoms with Gasteiger partial charge >= 0.3 is 6.18 Å². The number of rotatable bonds is 4. The third-order valence-electron chi connectivity index (χ3n) is 1.11. The molecule has 0 fully saturated rings. The minimum Gasteiger partial charge on any atom is -0.395 e. The van der Waals surface area contributed by atoms with Crippen LogP contribution in [0.1, 0.15) is 0 Å². The first kappa shape index (κ1) is 11.2. The van der Waals surface area contributed by atoms with Gasteiger partial charge in [0.15, 0.2) is 0 Å². The van der Waals surface area contributed by atoms with Crippen LogP contribution in [0, 0.1) is 11.3 Å². The molecule has 0 radical (unpaired) electrons. The maximum absolute atomic E-state index is 11.7. The maximum Gasteiger partial charge on any atom is 0.401 e. The summed E-state index contributed by atoms with van der Waals surface area (Å²) in [5, 5.41) is 16.5. The monoisotopic (exact) mass is 182 g/mol. The normalized spacial score (nSPS) is 11.7. The molecule has 0 aromatic carbocycles. The summed E-state index contributed by atoms with van der Waals surface area (Å²) in [5.74, 6) is 0. The van der Waals surface area contributed by atoms with E-state index in [1.807, 2.05) is 0 Å². The van der Waals surface area contributed by atoms with Crippen LogP contribution in [-0.4, -0.2) is 42.4 Å². The van der Waals surface area contributed by atoms with Crippen molar-refractivity contribution in [1.29, 1.82) is 5.26 Å². The van der Waals surface area contributed by atoms with Crippen molar-refractivity contribution < 1.29 is 18.3 Å². The minimum absolute atomic E-state index is 0.132. The molecule has 0 saturated heterocycles. The fraction of sp³-hybridized carbons (Fsp3) is 0.833. The fourth-order valence-corrected chi connectivity index (χ4v) is 0.709. The van der Waals surface area contributed by atoms with Gasteiger partial charge in [-0.05, 0) is 0 Å². The molecule has 0 aromatic rings. The smallest absolute Gasteiger partial charge is 0.395 e. The van der Waals surface area contributed by atoms with Crippen molar-refractivity contribution in [3.05, 3.63) is 0 Å². The molecule has 0 atom stereocenters. The average Bonchev–Trinajstić information content (AvgIpc) is 1.84. The van der Waals surface area contributed by atoms with Gasteiger partial charge in [-0.1, -0.05) is 0 Å². The predicted octanol–water partition coefficient (Wildman–Crippen LogP) is 0.367. The second-order valence-electron chi connectivity index (χ2n) is 2.21. The van der Waals surface area contributed by atoms with E-state index in [0.29, 0.717) is 0 Å². The molecule has 0 spiro atoms. The number of alkyl halides is 3. The molecule has 0 aromatic heterocycles. The molecule has 12 heavy (non-hydrogen) atoms. The highest BCUT2D eigenvalue weighted by molar-refractivity contribution is 4.77. The van der Waals surface area contributed by atoms with E-state index in [1.54, 1.807) is 6.07 Å². The number of hydrogen-bond acceptors (Lipinski definition) is 3. The van der Waals surface area contributed by atoms with Gasteiger partial charge in [0.25, 0.3) is 0 Å². The molecular formula is C6H9F3N2O. The van der Waals surface area contributed by atoms with E-state index >= 15 is 0 Å². The van der Waals surface area contributed by atoms with Crippen LogP contribution in [0.15, 0.2) is 0 Å². The Morgan fingerprint density at radius 2 is 2.00 bits per heavy atom. The van der Waals surface area contributed by atoms with Gasteiger partial charge in [0, 0.05) is 6.54 Å². The topological polar surface area (TPSA) is 47.3 Å². The standard InChI is InChI=1S/C6H9F3N2O/c7-6(8,9)5-11(2-1-10)3-4-12/h12H,2-5H2. The van der Waals surface area contributed by atoms with Gasteiger partial charge in [-0.15, -0.1) is 0 Å². The molecule has 6 heteroatoms. The zero-order chi connectivity index (χ0) is 9.61. The van der Waals surface area contributed by atoms with Crippen LogP contribution in [0.5, 0.6) is 0 Å². The van der Waals surface area contributed by atoms with Crippen molar-refractivity contribution in [2.24, 2.45) is 0 Å². The summed E-state index contributed by atoms with van der Waals surface area (Å²) in [6, 6.07) is 1.59. The summed E-state index contributed by atoms with van der Waals surface area (Å²) in [4.78, 5) is 0.833. The van der Waals surface area contributed by atoms with Gasteiger partial charge in [0.1, 0.15) is 0 Å². The Kier molecular flexibility index (Phi) is 4.62. The molecular weight excluding hydrogens is 173 g/mol. The average molecular weight is 182 g/mol. The largest absolute Gasteiger partial charge is 0.401 e. The summed E-state index contributed by atoms with van der Waals surface area (Å²) in [6.07, 6.45) is -4.31. The lowest BCUT2D eigenvalue weighted by molar-refractivity contribution is -0.145. The number of aliphatic hydroxyl groups is 1. The molecule has 0 amide bonds. The number of nitrogens with zero attached hydrogens (tertiary/aromatic N) is 2. The quantitative estimate of drug-likeness (QED) is 0.639. The molecule has 0 aliphatic heterocycles. The summed E-state index contributed by atoms with van der Waals surface area (Å²) in [5.41, 5.74) is 0. The van der Waals surface area contributed by atoms with Crippen molar-refractivity contribution in [2.75, 3.05) is 26.2 Å². The summed E-state index contributed by atoms with van der Waals surface area (Å²) < 4.78 is 35.2. The predicted molar refractivity (Wildman–Crippen MR) is 35.2 cm³/mol. The van der Waals surface area contributed by atoms with Crippen LogP contribution in [0.25, 0.3) is 0 Å². The van der Waals surface area contributed by atoms with Crippen LogP contribution in [-0.2, 0) is 0 Å². The van der Waals surface area contributed by atoms with E-state index < -0.39 is 12.7 Å². The molecule has 0 aliphatic rings. The first-order valence-corrected chi connectivity index (χ1v) is 3.26. The van der Waals surface area contributed by atoms with E-state index in [1.165, 1.54) is 0 Å². The lowest BCUT2D eigenvalue weighted by Crippen LogP contribution is -2.36. The van der Waals surface area contributed by atoms with Gasteiger partial charge in [0.2, 0.25) is 0 Å². The summed E-state index contributed by atoms with van der Waals surface area (Å²) in [7, 11) is 0. The van der Waals surface area contributed by atoms with Gasteiger partial charge in [0.05, 0.1) is 25.8 Å². The highest BCUT2D eigenvalue weighted by Gasteiger charge is 2.30. The van der Waals surface area contributed by atoms with Gasteiger partial charge in [-0.2, -0.15) is 18.4 Å². The van der Waals surface area contributed by atoms with Crippen LogP contribution >= 0.6 is 0 Å². The van der Waals surface area contributed by atoms with Crippen LogP contribution in [0.4, 0.5) is 13.2 Å². The van der Waals surface area contributed by atoms with Crippen LogP contribution < -0.4 is 0 Å². The highest BCUT2D eigenvalue weighted by Crippen LogP contribution is 2.15. The molecule has 0 saturated carbocycles. The maximum atomic E-state index is 11.7.